The van der Waals surface area contributed by atoms with Crippen molar-refractivity contribution in [2.45, 2.75) is 120 Å². The van der Waals surface area contributed by atoms with Gasteiger partial charge in [-0.2, -0.15) is 8.78 Å². The predicted octanol–water partition coefficient (Wildman–Crippen LogP) is 8.32. The molecule has 290 valence electrons. The first-order valence-corrected chi connectivity index (χ1v) is 19.3. The predicted molar refractivity (Wildman–Crippen MR) is 202 cm³/mol. The number of piperidine rings is 1. The summed E-state index contributed by atoms with van der Waals surface area (Å²) in [6.45, 7) is 5.86. The average molecular weight is 766 g/mol. The van der Waals surface area contributed by atoms with E-state index in [9.17, 15) is 19.5 Å². The fraction of sp³-hybridized carbons (Fsp3) is 0.500. The maximum absolute atomic E-state index is 16.8. The number of amides is 3. The van der Waals surface area contributed by atoms with Gasteiger partial charge < -0.3 is 30.1 Å². The molecule has 2 heterocycles. The smallest absolute Gasteiger partial charge is 0.407 e. The Morgan fingerprint density at radius 3 is 2.00 bits per heavy atom. The van der Waals surface area contributed by atoms with Crippen LogP contribution in [0.5, 0.6) is 5.75 Å². The molecule has 12 heteroatoms. The molecule has 2 saturated heterocycles. The number of aliphatic hydroxyl groups excluding tert-OH is 1. The van der Waals surface area contributed by atoms with Crippen LogP contribution in [-0.2, 0) is 20.2 Å². The number of nitrogens with one attached hydrogen (secondary N) is 2. The molecule has 4 atom stereocenters. The Labute approximate surface area is 320 Å². The number of carbonyl (C=O) groups excluding carboxylic acids is 3. The Bertz CT molecular complexity index is 1750. The zero-order valence-corrected chi connectivity index (χ0v) is 31.8. The normalized spacial score (nSPS) is 21.5. The van der Waals surface area contributed by atoms with Gasteiger partial charge in [-0.05, 0) is 106 Å². The number of rotatable bonds is 11. The van der Waals surface area contributed by atoms with Gasteiger partial charge in [0.2, 0.25) is 0 Å². The number of alkyl carbamates (subject to hydrolysis) is 1. The van der Waals surface area contributed by atoms with Crippen molar-refractivity contribution in [1.29, 1.82) is 0 Å². The van der Waals surface area contributed by atoms with Gasteiger partial charge in [0.15, 0.2) is 12.1 Å². The molecule has 54 heavy (non-hydrogen) atoms. The topological polar surface area (TPSA) is 117 Å². The van der Waals surface area contributed by atoms with Crippen LogP contribution in [0.15, 0.2) is 72.8 Å². The van der Waals surface area contributed by atoms with E-state index in [-0.39, 0.29) is 11.6 Å². The van der Waals surface area contributed by atoms with Crippen LogP contribution < -0.4 is 15.4 Å². The molecule has 2 aliphatic heterocycles. The molecular weight excluding hydrogens is 716 g/mol. The van der Waals surface area contributed by atoms with E-state index in [1.54, 1.807) is 57.2 Å². The summed E-state index contributed by atoms with van der Waals surface area (Å²) >= 11 is 6.02. The van der Waals surface area contributed by atoms with Gasteiger partial charge in [0.1, 0.15) is 11.4 Å². The third kappa shape index (κ3) is 9.52. The number of aliphatic hydroxyl groups is 1. The van der Waals surface area contributed by atoms with E-state index in [1.165, 1.54) is 60.6 Å². The van der Waals surface area contributed by atoms with Crippen molar-refractivity contribution in [2.75, 3.05) is 6.61 Å². The molecule has 3 N–H and O–H groups in total. The van der Waals surface area contributed by atoms with Gasteiger partial charge in [0.05, 0.1) is 6.61 Å². The monoisotopic (exact) mass is 765 g/mol. The van der Waals surface area contributed by atoms with Crippen LogP contribution >= 0.6 is 11.6 Å². The van der Waals surface area contributed by atoms with Crippen LogP contribution in [0.3, 0.4) is 0 Å². The van der Waals surface area contributed by atoms with E-state index in [2.05, 4.69) is 10.6 Å². The van der Waals surface area contributed by atoms with Gasteiger partial charge in [-0.3, -0.25) is 9.59 Å². The summed E-state index contributed by atoms with van der Waals surface area (Å²) in [4.78, 5) is 41.9. The maximum Gasteiger partial charge on any atom is 0.407 e. The lowest BCUT2D eigenvalue weighted by Gasteiger charge is -2.42. The molecule has 3 aliphatic rings. The highest BCUT2D eigenvalue weighted by Crippen LogP contribution is 2.41. The first-order valence-electron chi connectivity index (χ1n) is 18.9. The third-order valence-electron chi connectivity index (χ3n) is 10.7. The minimum Gasteiger partial charge on any atom is -0.493 e. The van der Waals surface area contributed by atoms with Crippen molar-refractivity contribution in [3.8, 4) is 16.9 Å². The molecule has 9 nitrogen and oxygen atoms in total. The second kappa shape index (κ2) is 16.7. The summed E-state index contributed by atoms with van der Waals surface area (Å²) in [5.41, 5.74) is 0.439. The molecule has 3 aromatic rings. The number of nitrogens with zero attached hydrogens (tertiary/aromatic N) is 1. The van der Waals surface area contributed by atoms with Crippen molar-refractivity contribution >= 4 is 29.5 Å². The standard InChI is InChI=1S/C42H50ClF2N3O6/c1-41(2,3)54-40(52)46-32-23-33-19-20-34(24-32)48(33)39(51)37(42(44,45)30-15-9-27(10-16-30)28-11-17-31(43)18-12-28)47-38(50)36(49)29-13-21-35(22-14-29)53-25-26-7-5-4-6-8-26/h9-18,21-22,26,32-34,36-37,49H,4-8,19-20,23-25H2,1-3H3,(H,46,52)(H,47,50). The van der Waals surface area contributed by atoms with Gasteiger partial charge in [0.25, 0.3) is 11.8 Å². The highest BCUT2D eigenvalue weighted by molar-refractivity contribution is 6.30. The Morgan fingerprint density at radius 1 is 0.852 bits per heavy atom. The molecule has 3 fully saturated rings. The van der Waals surface area contributed by atoms with E-state index in [0.717, 1.165) is 18.4 Å². The molecule has 0 aromatic heterocycles. The maximum atomic E-state index is 16.8. The first-order chi connectivity index (χ1) is 25.7. The summed E-state index contributed by atoms with van der Waals surface area (Å²) < 4.78 is 44.9. The van der Waals surface area contributed by atoms with Crippen molar-refractivity contribution in [3.05, 3.63) is 88.9 Å². The zero-order valence-electron chi connectivity index (χ0n) is 31.0. The van der Waals surface area contributed by atoms with E-state index >= 15 is 8.78 Å². The van der Waals surface area contributed by atoms with Crippen LogP contribution in [0, 0.1) is 5.92 Å². The van der Waals surface area contributed by atoms with Crippen LogP contribution in [0.1, 0.15) is 95.8 Å². The molecule has 3 amide bonds. The van der Waals surface area contributed by atoms with Crippen molar-refractivity contribution in [2.24, 2.45) is 5.92 Å². The largest absolute Gasteiger partial charge is 0.493 e. The number of ether oxygens (including phenoxy) is 2. The number of alkyl halides is 2. The first kappa shape index (κ1) is 39.5. The van der Waals surface area contributed by atoms with E-state index in [4.69, 9.17) is 21.1 Å². The Hall–Kier alpha value is -4.22. The molecule has 2 bridgehead atoms. The van der Waals surface area contributed by atoms with Gasteiger partial charge in [-0.1, -0.05) is 79.4 Å². The molecule has 0 radical (unpaired) electrons. The zero-order chi connectivity index (χ0) is 38.6. The molecular formula is C42H50ClF2N3O6. The Morgan fingerprint density at radius 2 is 1.43 bits per heavy atom. The van der Waals surface area contributed by atoms with Gasteiger partial charge >= 0.3 is 12.0 Å². The second-order valence-electron chi connectivity index (χ2n) is 15.9. The molecule has 3 aromatic carbocycles. The average Bonchev–Trinajstić information content (AvgIpc) is 3.42. The minimum atomic E-state index is -3.87. The summed E-state index contributed by atoms with van der Waals surface area (Å²) in [6.07, 6.45) is 5.28. The van der Waals surface area contributed by atoms with E-state index in [1.807, 2.05) is 0 Å². The molecule has 0 spiro atoms. The lowest BCUT2D eigenvalue weighted by molar-refractivity contribution is -0.155. The lowest BCUT2D eigenvalue weighted by Crippen LogP contribution is -2.61. The number of hydrogen-bond acceptors (Lipinski definition) is 6. The van der Waals surface area contributed by atoms with Crippen molar-refractivity contribution < 1.29 is 37.7 Å². The highest BCUT2D eigenvalue weighted by atomic mass is 35.5. The van der Waals surface area contributed by atoms with Gasteiger partial charge in [-0.15, -0.1) is 0 Å². The van der Waals surface area contributed by atoms with E-state index in [0.29, 0.717) is 54.5 Å². The Balaban J connectivity index is 1.20. The number of halogens is 3. The number of benzene rings is 3. The van der Waals surface area contributed by atoms with Crippen LogP contribution in [0.25, 0.3) is 11.1 Å². The lowest BCUT2D eigenvalue weighted by atomic mass is 9.90. The molecule has 4 unspecified atom stereocenters. The number of carbonyl (C=O) groups is 3. The van der Waals surface area contributed by atoms with E-state index < -0.39 is 59.2 Å². The number of fused-ring (bicyclic) bond motifs is 2. The van der Waals surface area contributed by atoms with Gasteiger partial charge in [-0.25, -0.2) is 4.79 Å². The SMILES string of the molecule is CC(C)(C)OC(=O)NC1CC2CCC(C1)N2C(=O)C(NC(=O)C(O)c1ccc(OCC2CCCCC2)cc1)C(F)(F)c1ccc(-c2ccc(Cl)cc2)cc1. The van der Waals surface area contributed by atoms with Crippen LogP contribution in [-0.4, -0.2) is 64.3 Å². The summed E-state index contributed by atoms with van der Waals surface area (Å²) in [5, 5.41) is 16.8. The third-order valence-corrected chi connectivity index (χ3v) is 11.0. The minimum absolute atomic E-state index is 0.174. The molecule has 1 saturated carbocycles. The van der Waals surface area contributed by atoms with Crippen molar-refractivity contribution in [3.63, 3.8) is 0 Å². The summed E-state index contributed by atoms with van der Waals surface area (Å²) in [6, 6.07) is 15.3. The fourth-order valence-corrected chi connectivity index (χ4v) is 8.09. The molecule has 1 aliphatic carbocycles. The number of hydrogen-bond donors (Lipinski definition) is 3. The second-order valence-corrected chi connectivity index (χ2v) is 16.3. The van der Waals surface area contributed by atoms with Gasteiger partial charge in [0, 0.05) is 28.7 Å². The van der Waals surface area contributed by atoms with Crippen molar-refractivity contribution in [1.82, 2.24) is 15.5 Å². The highest BCUT2D eigenvalue weighted by Gasteiger charge is 2.53. The summed E-state index contributed by atoms with van der Waals surface area (Å²) in [5.74, 6) is -4.87. The van der Waals surface area contributed by atoms with Crippen LogP contribution in [0.2, 0.25) is 5.02 Å². The summed E-state index contributed by atoms with van der Waals surface area (Å²) in [7, 11) is 0. The molecule has 6 rings (SSSR count). The fourth-order valence-electron chi connectivity index (χ4n) is 7.97. The van der Waals surface area contributed by atoms with Crippen LogP contribution in [0.4, 0.5) is 13.6 Å². The quantitative estimate of drug-likeness (QED) is 0.181. The Kier molecular flexibility index (Phi) is 12.2.